The minimum absolute atomic E-state index is 0.209. The van der Waals surface area contributed by atoms with Crippen LogP contribution in [0.25, 0.3) is 0 Å². The molecule has 0 bridgehead atoms. The highest BCUT2D eigenvalue weighted by molar-refractivity contribution is 5.87. The number of carbonyl (C=O) groups is 1. The highest BCUT2D eigenvalue weighted by Crippen LogP contribution is 2.23. The second-order valence-corrected chi connectivity index (χ2v) is 8.11. The lowest BCUT2D eigenvalue weighted by Gasteiger charge is -2.46. The van der Waals surface area contributed by atoms with E-state index in [1.165, 1.54) is 11.3 Å². The van der Waals surface area contributed by atoms with E-state index in [1.807, 2.05) is 0 Å². The Balaban J connectivity index is 1.49. The predicted octanol–water partition coefficient (Wildman–Crippen LogP) is 2.82. The molecule has 7 heteroatoms. The first-order valence-corrected chi connectivity index (χ1v) is 10.4. The van der Waals surface area contributed by atoms with Crippen molar-refractivity contribution in [3.63, 3.8) is 0 Å². The number of nitrogens with zero attached hydrogens (tertiary/aromatic N) is 2. The number of urea groups is 1. The summed E-state index contributed by atoms with van der Waals surface area (Å²) in [4.78, 5) is 15.6. The van der Waals surface area contributed by atoms with Gasteiger partial charge in [-0.2, -0.15) is 0 Å². The Kier molecular flexibility index (Phi) is 7.18. The van der Waals surface area contributed by atoms with Gasteiger partial charge in [-0.25, -0.2) is 4.79 Å². The molecule has 1 saturated heterocycles. The summed E-state index contributed by atoms with van der Waals surface area (Å²) in [5.41, 5.74) is 8.21. The van der Waals surface area contributed by atoms with Gasteiger partial charge in [0.25, 0.3) is 0 Å². The highest BCUT2D eigenvalue weighted by Gasteiger charge is 2.30. The second kappa shape index (κ2) is 9.82. The number of benzene rings is 2. The number of amides is 2. The third kappa shape index (κ3) is 5.87. The van der Waals surface area contributed by atoms with E-state index in [2.05, 4.69) is 60.2 Å². The van der Waals surface area contributed by atoms with Gasteiger partial charge in [0.1, 0.15) is 18.5 Å². The van der Waals surface area contributed by atoms with Crippen LogP contribution in [-0.2, 0) is 0 Å². The number of ether oxygens (including phenoxy) is 1. The molecule has 3 atom stereocenters. The van der Waals surface area contributed by atoms with Crippen LogP contribution < -0.4 is 20.7 Å². The summed E-state index contributed by atoms with van der Waals surface area (Å²) >= 11 is 0. The average Bonchev–Trinajstić information content (AvgIpc) is 2.70. The van der Waals surface area contributed by atoms with E-state index >= 15 is 0 Å². The number of carbonyl (C=O) groups excluding carboxylic acids is 1. The molecule has 0 spiro atoms. The fourth-order valence-corrected chi connectivity index (χ4v) is 3.95. The number of aliphatic hydroxyl groups is 1. The maximum atomic E-state index is 10.9. The largest absolute Gasteiger partial charge is 0.491 e. The fraction of sp³-hybridized carbons (Fsp3) is 0.435. The number of piperazine rings is 1. The predicted molar refractivity (Wildman–Crippen MR) is 120 cm³/mol. The lowest BCUT2D eigenvalue weighted by Crippen LogP contribution is -2.58. The van der Waals surface area contributed by atoms with Crippen LogP contribution in [0.5, 0.6) is 5.75 Å². The number of β-amino-alcohol motifs (C(OH)–C–C–N with tert-alkyl or cyclic N) is 1. The lowest BCUT2D eigenvalue weighted by molar-refractivity contribution is 0.0318. The monoisotopic (exact) mass is 412 g/mol. The van der Waals surface area contributed by atoms with Crippen molar-refractivity contribution in [2.75, 3.05) is 36.5 Å². The Morgan fingerprint density at radius 3 is 2.30 bits per heavy atom. The van der Waals surface area contributed by atoms with E-state index in [4.69, 9.17) is 10.5 Å². The summed E-state index contributed by atoms with van der Waals surface area (Å²) in [6.07, 6.45) is -0.593. The van der Waals surface area contributed by atoms with E-state index in [-0.39, 0.29) is 6.61 Å². The number of hydrogen-bond acceptors (Lipinski definition) is 5. The second-order valence-electron chi connectivity index (χ2n) is 8.11. The molecule has 4 N–H and O–H groups in total. The molecule has 162 valence electrons. The standard InChI is InChI=1S/C23H32N4O3/c1-16-4-8-20(9-5-16)26-12-17(2)27(18(3)13-26)14-21(28)15-30-22-10-6-19(7-11-22)25-23(24)29/h4-11,17-18,21,28H,12-15H2,1-3H3,(H3,24,25,29)/t17?,18?,21-/m0/s1. The van der Waals surface area contributed by atoms with Crippen LogP contribution in [0.15, 0.2) is 48.5 Å². The summed E-state index contributed by atoms with van der Waals surface area (Å²) < 4.78 is 5.71. The van der Waals surface area contributed by atoms with Crippen LogP contribution in [0, 0.1) is 6.92 Å². The van der Waals surface area contributed by atoms with Crippen molar-refractivity contribution in [1.82, 2.24) is 4.90 Å². The Morgan fingerprint density at radius 2 is 1.73 bits per heavy atom. The molecule has 7 nitrogen and oxygen atoms in total. The minimum atomic E-state index is -0.607. The summed E-state index contributed by atoms with van der Waals surface area (Å²) in [7, 11) is 0. The van der Waals surface area contributed by atoms with Gasteiger partial charge in [-0.05, 0) is 57.2 Å². The fourth-order valence-electron chi connectivity index (χ4n) is 3.95. The van der Waals surface area contributed by atoms with Gasteiger partial charge in [-0.1, -0.05) is 17.7 Å². The van der Waals surface area contributed by atoms with E-state index < -0.39 is 12.1 Å². The molecular weight excluding hydrogens is 380 g/mol. The van der Waals surface area contributed by atoms with Crippen molar-refractivity contribution in [2.24, 2.45) is 5.73 Å². The van der Waals surface area contributed by atoms with Crippen LogP contribution >= 0.6 is 0 Å². The molecule has 1 fully saturated rings. The molecule has 0 saturated carbocycles. The summed E-state index contributed by atoms with van der Waals surface area (Å²) in [5, 5.41) is 13.0. The summed E-state index contributed by atoms with van der Waals surface area (Å²) in [6, 6.07) is 15.6. The van der Waals surface area contributed by atoms with Gasteiger partial charge in [-0.3, -0.25) is 4.90 Å². The van der Waals surface area contributed by atoms with Gasteiger partial charge >= 0.3 is 6.03 Å². The van der Waals surface area contributed by atoms with Crippen LogP contribution in [0.1, 0.15) is 19.4 Å². The summed E-state index contributed by atoms with van der Waals surface area (Å²) in [5.74, 6) is 0.634. The van der Waals surface area contributed by atoms with Crippen molar-refractivity contribution in [3.8, 4) is 5.75 Å². The topological polar surface area (TPSA) is 91.1 Å². The third-order valence-electron chi connectivity index (χ3n) is 5.49. The van der Waals surface area contributed by atoms with E-state index in [0.717, 1.165) is 13.1 Å². The first-order valence-electron chi connectivity index (χ1n) is 10.4. The van der Waals surface area contributed by atoms with Crippen molar-refractivity contribution < 1.29 is 14.6 Å². The van der Waals surface area contributed by atoms with Gasteiger partial charge in [0, 0.05) is 43.1 Å². The Hall–Kier alpha value is -2.77. The zero-order chi connectivity index (χ0) is 21.7. The number of aryl methyl sites for hydroxylation is 1. The van der Waals surface area contributed by atoms with Crippen molar-refractivity contribution >= 4 is 17.4 Å². The SMILES string of the molecule is Cc1ccc(N2CC(C)N(C[C@H](O)COc3ccc(NC(N)=O)cc3)C(C)C2)cc1. The number of aliphatic hydroxyl groups excluding tert-OH is 1. The molecule has 2 unspecified atom stereocenters. The highest BCUT2D eigenvalue weighted by atomic mass is 16.5. The van der Waals surface area contributed by atoms with E-state index in [1.54, 1.807) is 24.3 Å². The molecule has 1 heterocycles. The van der Waals surface area contributed by atoms with Crippen LogP contribution in [-0.4, -0.2) is 60.5 Å². The number of nitrogens with one attached hydrogen (secondary N) is 1. The first kappa shape index (κ1) is 21.9. The number of anilines is 2. The van der Waals surface area contributed by atoms with Gasteiger partial charge in [-0.15, -0.1) is 0 Å². The number of rotatable bonds is 7. The molecule has 2 amide bonds. The maximum Gasteiger partial charge on any atom is 0.316 e. The van der Waals surface area contributed by atoms with Crippen LogP contribution in [0.2, 0.25) is 0 Å². The molecule has 30 heavy (non-hydrogen) atoms. The van der Waals surface area contributed by atoms with Gasteiger partial charge in [0.05, 0.1) is 0 Å². The molecule has 0 aromatic heterocycles. The third-order valence-corrected chi connectivity index (χ3v) is 5.49. The Bertz CT molecular complexity index is 813. The zero-order valence-corrected chi connectivity index (χ0v) is 17.9. The van der Waals surface area contributed by atoms with Crippen molar-refractivity contribution in [3.05, 3.63) is 54.1 Å². The maximum absolute atomic E-state index is 10.9. The molecule has 2 aromatic carbocycles. The average molecular weight is 413 g/mol. The number of primary amides is 1. The molecule has 0 radical (unpaired) electrons. The molecule has 1 aliphatic heterocycles. The normalized spacial score (nSPS) is 20.6. The zero-order valence-electron chi connectivity index (χ0n) is 17.9. The van der Waals surface area contributed by atoms with Gasteiger partial charge in [0.15, 0.2) is 0 Å². The number of hydrogen-bond donors (Lipinski definition) is 3. The molecule has 3 rings (SSSR count). The van der Waals surface area contributed by atoms with Gasteiger partial charge < -0.3 is 25.8 Å². The first-order chi connectivity index (χ1) is 14.3. The van der Waals surface area contributed by atoms with Crippen molar-refractivity contribution in [2.45, 2.75) is 39.0 Å². The van der Waals surface area contributed by atoms with Crippen molar-refractivity contribution in [1.29, 1.82) is 0 Å². The molecular formula is C23H32N4O3. The van der Waals surface area contributed by atoms with Crippen LogP contribution in [0.4, 0.5) is 16.2 Å². The molecule has 0 aliphatic carbocycles. The minimum Gasteiger partial charge on any atom is -0.491 e. The molecule has 1 aliphatic rings. The van der Waals surface area contributed by atoms with Crippen LogP contribution in [0.3, 0.4) is 0 Å². The Morgan fingerprint density at radius 1 is 1.13 bits per heavy atom. The van der Waals surface area contributed by atoms with Gasteiger partial charge in [0.2, 0.25) is 0 Å². The Labute approximate surface area is 178 Å². The smallest absolute Gasteiger partial charge is 0.316 e. The van der Waals surface area contributed by atoms with E-state index in [9.17, 15) is 9.90 Å². The quantitative estimate of drug-likeness (QED) is 0.651. The number of nitrogens with two attached hydrogens (primary N) is 1. The molecule has 2 aromatic rings. The summed E-state index contributed by atoms with van der Waals surface area (Å²) in [6.45, 7) is 9.13. The van der Waals surface area contributed by atoms with E-state index in [0.29, 0.717) is 30.1 Å². The lowest BCUT2D eigenvalue weighted by atomic mass is 10.1.